The topological polar surface area (TPSA) is 12.0 Å². The lowest BCUT2D eigenvalue weighted by atomic mass is 10.0. The van der Waals surface area contributed by atoms with Crippen molar-refractivity contribution in [3.63, 3.8) is 0 Å². The summed E-state index contributed by atoms with van der Waals surface area (Å²) in [6.07, 6.45) is 3.48. The van der Waals surface area contributed by atoms with E-state index in [4.69, 9.17) is 11.6 Å². The number of rotatable bonds is 5. The molecule has 1 aliphatic rings. The van der Waals surface area contributed by atoms with Crippen molar-refractivity contribution in [2.24, 2.45) is 5.92 Å². The monoisotopic (exact) mass is 251 g/mol. The van der Waals surface area contributed by atoms with Gasteiger partial charge in [0.15, 0.2) is 0 Å². The van der Waals surface area contributed by atoms with Gasteiger partial charge in [0.25, 0.3) is 0 Å². The highest BCUT2D eigenvalue weighted by Gasteiger charge is 2.30. The molecule has 1 aromatic carbocycles. The molecule has 2 heteroatoms. The maximum atomic E-state index is 6.45. The summed E-state index contributed by atoms with van der Waals surface area (Å²) in [6.45, 7) is 5.60. The molecule has 1 N–H and O–H groups in total. The lowest BCUT2D eigenvalue weighted by Gasteiger charge is -2.21. The second-order valence-electron chi connectivity index (χ2n) is 4.99. The molecule has 0 saturated carbocycles. The molecule has 0 saturated heterocycles. The number of hydrogen-bond donors (Lipinski definition) is 1. The van der Waals surface area contributed by atoms with Gasteiger partial charge in [0, 0.05) is 6.04 Å². The summed E-state index contributed by atoms with van der Waals surface area (Å²) in [6, 6.07) is 8.96. The van der Waals surface area contributed by atoms with E-state index in [1.165, 1.54) is 24.0 Å². The van der Waals surface area contributed by atoms with Crippen LogP contribution in [0.1, 0.15) is 43.9 Å². The molecule has 17 heavy (non-hydrogen) atoms. The Hall–Kier alpha value is -0.530. The smallest absolute Gasteiger partial charge is 0.0571 e. The summed E-state index contributed by atoms with van der Waals surface area (Å²) in [5, 5.41) is 3.87. The van der Waals surface area contributed by atoms with Gasteiger partial charge in [0.05, 0.1) is 5.38 Å². The van der Waals surface area contributed by atoms with Crippen LogP contribution in [0, 0.1) is 5.92 Å². The molecular formula is C15H22ClN. The van der Waals surface area contributed by atoms with Crippen molar-refractivity contribution in [2.75, 3.05) is 6.54 Å². The first-order chi connectivity index (χ1) is 8.26. The van der Waals surface area contributed by atoms with Crippen LogP contribution < -0.4 is 5.32 Å². The zero-order valence-electron chi connectivity index (χ0n) is 10.7. The van der Waals surface area contributed by atoms with E-state index in [-0.39, 0.29) is 5.38 Å². The Morgan fingerprint density at radius 2 is 2.00 bits per heavy atom. The number of halogens is 1. The maximum absolute atomic E-state index is 6.45. The summed E-state index contributed by atoms with van der Waals surface area (Å²) in [5.41, 5.74) is 2.81. The van der Waals surface area contributed by atoms with Crippen LogP contribution in [-0.4, -0.2) is 11.9 Å². The summed E-state index contributed by atoms with van der Waals surface area (Å²) in [4.78, 5) is 0. The van der Waals surface area contributed by atoms with Gasteiger partial charge in [0.2, 0.25) is 0 Å². The second kappa shape index (κ2) is 5.88. The summed E-state index contributed by atoms with van der Waals surface area (Å²) in [7, 11) is 0. The second-order valence-corrected chi connectivity index (χ2v) is 5.55. The summed E-state index contributed by atoms with van der Waals surface area (Å²) in [5.74, 6) is 0.770. The first-order valence-electron chi connectivity index (χ1n) is 6.71. The Labute approximate surface area is 110 Å². The number of benzene rings is 1. The Balaban J connectivity index is 2.01. The fourth-order valence-corrected chi connectivity index (χ4v) is 3.05. The van der Waals surface area contributed by atoms with Gasteiger partial charge in [-0.15, -0.1) is 11.6 Å². The zero-order chi connectivity index (χ0) is 12.3. The molecule has 2 unspecified atom stereocenters. The first kappa shape index (κ1) is 12.9. The molecule has 0 radical (unpaired) electrons. The highest BCUT2D eigenvalue weighted by molar-refractivity contribution is 6.21. The van der Waals surface area contributed by atoms with Crippen LogP contribution in [0.4, 0.5) is 0 Å². The van der Waals surface area contributed by atoms with E-state index in [1.54, 1.807) is 0 Å². The van der Waals surface area contributed by atoms with Crippen LogP contribution >= 0.6 is 11.6 Å². The molecule has 1 aliphatic carbocycles. The van der Waals surface area contributed by atoms with Gasteiger partial charge in [-0.05, 0) is 30.0 Å². The molecule has 0 fully saturated rings. The largest absolute Gasteiger partial charge is 0.308 e. The first-order valence-corrected chi connectivity index (χ1v) is 7.15. The lowest BCUT2D eigenvalue weighted by molar-refractivity contribution is 0.412. The van der Waals surface area contributed by atoms with E-state index in [0.29, 0.717) is 6.04 Å². The third-order valence-electron chi connectivity index (χ3n) is 3.95. The Bertz CT molecular complexity index is 360. The van der Waals surface area contributed by atoms with Gasteiger partial charge in [-0.2, -0.15) is 0 Å². The Morgan fingerprint density at radius 1 is 1.29 bits per heavy atom. The summed E-state index contributed by atoms with van der Waals surface area (Å²) < 4.78 is 0. The van der Waals surface area contributed by atoms with Gasteiger partial charge in [-0.3, -0.25) is 0 Å². The van der Waals surface area contributed by atoms with E-state index in [9.17, 15) is 0 Å². The molecule has 0 heterocycles. The zero-order valence-corrected chi connectivity index (χ0v) is 11.5. The third kappa shape index (κ3) is 2.83. The van der Waals surface area contributed by atoms with Crippen LogP contribution in [0.2, 0.25) is 0 Å². The fraction of sp³-hybridized carbons (Fsp3) is 0.600. The molecule has 0 spiro atoms. The Morgan fingerprint density at radius 3 is 2.71 bits per heavy atom. The molecule has 1 aromatic rings. The number of fused-ring (bicyclic) bond motifs is 1. The molecular weight excluding hydrogens is 230 g/mol. The minimum Gasteiger partial charge on any atom is -0.308 e. The van der Waals surface area contributed by atoms with Crippen LogP contribution in [0.15, 0.2) is 24.3 Å². The number of hydrogen-bond acceptors (Lipinski definition) is 1. The fourth-order valence-electron chi connectivity index (χ4n) is 2.66. The molecule has 94 valence electrons. The maximum Gasteiger partial charge on any atom is 0.0571 e. The Kier molecular flexibility index (Phi) is 4.47. The van der Waals surface area contributed by atoms with Gasteiger partial charge < -0.3 is 5.32 Å². The van der Waals surface area contributed by atoms with Crippen LogP contribution in [-0.2, 0) is 6.42 Å². The SMILES string of the molecule is CCC(CC)CNC1c2ccccc2CC1Cl. The highest BCUT2D eigenvalue weighted by Crippen LogP contribution is 2.34. The molecule has 1 nitrogen and oxygen atoms in total. The molecule has 2 rings (SSSR count). The van der Waals surface area contributed by atoms with E-state index in [0.717, 1.165) is 18.9 Å². The minimum absolute atomic E-state index is 0.210. The average molecular weight is 252 g/mol. The van der Waals surface area contributed by atoms with Crippen molar-refractivity contribution < 1.29 is 0 Å². The van der Waals surface area contributed by atoms with E-state index < -0.39 is 0 Å². The van der Waals surface area contributed by atoms with Gasteiger partial charge in [-0.1, -0.05) is 51.0 Å². The lowest BCUT2D eigenvalue weighted by Crippen LogP contribution is -2.30. The van der Waals surface area contributed by atoms with Crippen molar-refractivity contribution in [2.45, 2.75) is 44.5 Å². The standard InChI is InChI=1S/C15H22ClN/c1-3-11(4-2)10-17-15-13-8-6-5-7-12(13)9-14(15)16/h5-8,11,14-15,17H,3-4,9-10H2,1-2H3. The average Bonchev–Trinajstić information content (AvgIpc) is 2.67. The van der Waals surface area contributed by atoms with Gasteiger partial charge >= 0.3 is 0 Å². The quantitative estimate of drug-likeness (QED) is 0.783. The van der Waals surface area contributed by atoms with Crippen molar-refractivity contribution in [1.82, 2.24) is 5.32 Å². The van der Waals surface area contributed by atoms with Crippen molar-refractivity contribution in [3.05, 3.63) is 35.4 Å². The van der Waals surface area contributed by atoms with E-state index in [2.05, 4.69) is 43.4 Å². The predicted molar refractivity (Wildman–Crippen MR) is 74.6 cm³/mol. The summed E-state index contributed by atoms with van der Waals surface area (Å²) >= 11 is 6.45. The van der Waals surface area contributed by atoms with Crippen molar-refractivity contribution in [1.29, 1.82) is 0 Å². The minimum atomic E-state index is 0.210. The normalized spacial score (nSPS) is 23.1. The van der Waals surface area contributed by atoms with Crippen LogP contribution in [0.5, 0.6) is 0 Å². The van der Waals surface area contributed by atoms with Crippen LogP contribution in [0.3, 0.4) is 0 Å². The highest BCUT2D eigenvalue weighted by atomic mass is 35.5. The molecule has 2 atom stereocenters. The molecule has 0 amide bonds. The van der Waals surface area contributed by atoms with Gasteiger partial charge in [0.1, 0.15) is 0 Å². The van der Waals surface area contributed by atoms with E-state index >= 15 is 0 Å². The number of nitrogens with one attached hydrogen (secondary N) is 1. The van der Waals surface area contributed by atoms with Crippen LogP contribution in [0.25, 0.3) is 0 Å². The van der Waals surface area contributed by atoms with Gasteiger partial charge in [-0.25, -0.2) is 0 Å². The number of alkyl halides is 1. The molecule has 0 aromatic heterocycles. The van der Waals surface area contributed by atoms with E-state index in [1.807, 2.05) is 0 Å². The third-order valence-corrected chi connectivity index (χ3v) is 4.35. The van der Waals surface area contributed by atoms with Crippen molar-refractivity contribution >= 4 is 11.6 Å². The molecule has 0 bridgehead atoms. The molecule has 0 aliphatic heterocycles. The van der Waals surface area contributed by atoms with Crippen molar-refractivity contribution in [3.8, 4) is 0 Å². The predicted octanol–water partition coefficient (Wildman–Crippen LogP) is 3.92.